The van der Waals surface area contributed by atoms with Crippen molar-refractivity contribution < 1.29 is 24.3 Å². The summed E-state index contributed by atoms with van der Waals surface area (Å²) in [4.78, 5) is 71.5. The van der Waals surface area contributed by atoms with E-state index in [0.29, 0.717) is 0 Å². The van der Waals surface area contributed by atoms with Crippen LogP contribution in [0.2, 0.25) is 0 Å². The van der Waals surface area contributed by atoms with Gasteiger partial charge in [0.25, 0.3) is 0 Å². The van der Waals surface area contributed by atoms with Crippen molar-refractivity contribution in [3.05, 3.63) is 156 Å². The zero-order chi connectivity index (χ0) is 37.9. The number of esters is 2. The summed E-state index contributed by atoms with van der Waals surface area (Å²) in [7, 11) is -0.446. The monoisotopic (exact) mass is 726 g/mol. The summed E-state index contributed by atoms with van der Waals surface area (Å²) in [6.45, 7) is 2.70. The van der Waals surface area contributed by atoms with Crippen molar-refractivity contribution in [3.8, 4) is 6.07 Å². The van der Waals surface area contributed by atoms with Gasteiger partial charge in [0.15, 0.2) is 0 Å². The summed E-state index contributed by atoms with van der Waals surface area (Å²) in [5, 5.41) is 24.0. The zero-order valence-electron chi connectivity index (χ0n) is 28.2. The van der Waals surface area contributed by atoms with Gasteiger partial charge in [-0.05, 0) is 37.7 Å². The molecule has 3 aromatic carbocycles. The lowest BCUT2D eigenvalue weighted by atomic mass is 10.4. The molecule has 2 heterocycles. The van der Waals surface area contributed by atoms with Crippen LogP contribution in [0.3, 0.4) is 0 Å². The summed E-state index contributed by atoms with van der Waals surface area (Å²) in [5.74, 6) is -1.33. The summed E-state index contributed by atoms with van der Waals surface area (Å²) in [6, 6.07) is 34.0. The molecule has 0 amide bonds. The highest BCUT2D eigenvalue weighted by molar-refractivity contribution is 7.79. The molecule has 0 spiro atoms. The Labute approximate surface area is 297 Å². The Bertz CT molecular complexity index is 2130. The van der Waals surface area contributed by atoms with Gasteiger partial charge in [0.1, 0.15) is 24.9 Å². The predicted octanol–water partition coefficient (Wildman–Crippen LogP) is 1.32. The van der Waals surface area contributed by atoms with E-state index in [0.717, 1.165) is 27.7 Å². The van der Waals surface area contributed by atoms with Crippen LogP contribution in [0.1, 0.15) is 25.2 Å². The van der Waals surface area contributed by atoms with Crippen LogP contribution in [-0.2, 0) is 32.2 Å². The molecule has 3 N–H and O–H groups in total. The van der Waals surface area contributed by atoms with Crippen LogP contribution >= 0.6 is 7.92 Å². The number of H-pyrrole nitrogens is 2. The second-order valence-corrected chi connectivity index (χ2v) is 12.4. The van der Waals surface area contributed by atoms with Gasteiger partial charge in [-0.25, -0.2) is 0 Å². The van der Waals surface area contributed by atoms with Crippen molar-refractivity contribution >= 4 is 42.0 Å². The first-order valence-corrected chi connectivity index (χ1v) is 17.0. The van der Waals surface area contributed by atoms with Crippen molar-refractivity contribution in [1.82, 2.24) is 19.1 Å². The van der Waals surface area contributed by atoms with Gasteiger partial charge in [-0.3, -0.25) is 37.9 Å². The van der Waals surface area contributed by atoms with E-state index in [1.807, 2.05) is 0 Å². The lowest BCUT2D eigenvalue weighted by molar-refractivity contribution is -0.144. The number of aromatic amines is 2. The molecule has 5 aromatic rings. The van der Waals surface area contributed by atoms with E-state index in [9.17, 15) is 28.8 Å². The van der Waals surface area contributed by atoms with Gasteiger partial charge in [0, 0.05) is 12.4 Å². The number of hydrogen-bond acceptors (Lipinski definition) is 11. The summed E-state index contributed by atoms with van der Waals surface area (Å²) < 4.78 is 10.9. The molecule has 0 bridgehead atoms. The lowest BCUT2D eigenvalue weighted by Gasteiger charge is -2.18. The van der Waals surface area contributed by atoms with Gasteiger partial charge in [0.05, 0.1) is 25.1 Å². The van der Waals surface area contributed by atoms with Crippen molar-refractivity contribution in [2.45, 2.75) is 26.9 Å². The van der Waals surface area contributed by atoms with Gasteiger partial charge in [-0.15, -0.1) is 0 Å². The molecule has 0 unspecified atom stereocenters. The van der Waals surface area contributed by atoms with Crippen LogP contribution in [0.4, 0.5) is 0 Å². The minimum absolute atomic E-state index is 0.0881. The van der Waals surface area contributed by atoms with E-state index in [4.69, 9.17) is 10.5 Å². The smallest absolute Gasteiger partial charge is 0.326 e. The minimum atomic E-state index is -0.952. The van der Waals surface area contributed by atoms with Gasteiger partial charge in [-0.2, -0.15) is 5.26 Å². The Morgan fingerprint density at radius 2 is 1.13 bits per heavy atom. The number of nitrogens with one attached hydrogen (secondary N) is 2. The van der Waals surface area contributed by atoms with E-state index in [1.165, 1.54) is 15.9 Å². The minimum Gasteiger partial charge on any atom is -0.465 e. The number of oxime groups is 1. The Hall–Kier alpha value is -6.65. The van der Waals surface area contributed by atoms with Crippen LogP contribution in [0.15, 0.2) is 128 Å². The van der Waals surface area contributed by atoms with Crippen LogP contribution in [-0.4, -0.2) is 55.7 Å². The largest absolute Gasteiger partial charge is 0.465 e. The second kappa shape index (κ2) is 20.8. The predicted molar refractivity (Wildman–Crippen MR) is 195 cm³/mol. The Morgan fingerprint density at radius 3 is 1.54 bits per heavy atom. The Morgan fingerprint density at radius 1 is 0.731 bits per heavy atom. The highest BCUT2D eigenvalue weighted by Gasteiger charge is 2.15. The molecule has 0 saturated heterocycles. The van der Waals surface area contributed by atoms with Crippen LogP contribution in [0.5, 0.6) is 0 Å². The molecule has 268 valence electrons. The number of nitrogens with zero attached hydrogens (tertiary/aromatic N) is 4. The first kappa shape index (κ1) is 39.8. The average Bonchev–Trinajstić information content (AvgIpc) is 3.16. The van der Waals surface area contributed by atoms with Crippen molar-refractivity contribution in [1.29, 1.82) is 5.26 Å². The third-order valence-corrected chi connectivity index (χ3v) is 9.15. The molecule has 52 heavy (non-hydrogen) atoms. The summed E-state index contributed by atoms with van der Waals surface area (Å²) >= 11 is 0. The maximum Gasteiger partial charge on any atom is 0.326 e. The molecule has 0 fully saturated rings. The quantitative estimate of drug-likeness (QED) is 0.0468. The summed E-state index contributed by atoms with van der Waals surface area (Å²) in [5.41, 5.74) is -3.64. The molecule has 16 heteroatoms. The van der Waals surface area contributed by atoms with E-state index < -0.39 is 55.2 Å². The third kappa shape index (κ3) is 11.5. The van der Waals surface area contributed by atoms with Crippen molar-refractivity contribution in [3.63, 3.8) is 0 Å². The molecular formula is C36H35N6O9P. The fourth-order valence-corrected chi connectivity index (χ4v) is 6.76. The average molecular weight is 727 g/mol. The highest BCUT2D eigenvalue weighted by Crippen LogP contribution is 2.32. The third-order valence-electron chi connectivity index (χ3n) is 6.71. The van der Waals surface area contributed by atoms with E-state index >= 15 is 0 Å². The molecule has 0 radical (unpaired) electrons. The Balaban J connectivity index is 0.000000211. The lowest BCUT2D eigenvalue weighted by Crippen LogP contribution is -2.39. The second-order valence-electron chi connectivity index (χ2n) is 10.1. The molecular weight excluding hydrogens is 691 g/mol. The molecule has 0 saturated carbocycles. The highest BCUT2D eigenvalue weighted by atomic mass is 31.1. The molecule has 15 nitrogen and oxygen atoms in total. The number of benzene rings is 3. The first-order chi connectivity index (χ1) is 25.1. The number of nitriles is 1. The normalized spacial score (nSPS) is 10.3. The molecule has 0 atom stereocenters. The molecule has 0 aliphatic rings. The molecule has 0 aliphatic heterocycles. The summed E-state index contributed by atoms with van der Waals surface area (Å²) in [6.07, 6.45) is 3.15. The SMILES string of the molecule is CCOC(=O)Cn1c(/C=N/O)c[nH]c(=O)c1=O.CCOC(=O)Cn1c(C#N)c[nH]c(=O)c1=O.c1ccc(P(c2ccccc2)c2ccccc2)cc1. The number of ether oxygens (including phenoxy) is 2. The number of carbonyl (C=O) groups excluding carboxylic acids is 2. The van der Waals surface area contributed by atoms with E-state index in [1.54, 1.807) is 19.9 Å². The van der Waals surface area contributed by atoms with Gasteiger partial charge in [0.2, 0.25) is 0 Å². The van der Waals surface area contributed by atoms with Crippen molar-refractivity contribution in [2.24, 2.45) is 5.16 Å². The topological polar surface area (TPSA) is 219 Å². The van der Waals surface area contributed by atoms with Crippen molar-refractivity contribution in [2.75, 3.05) is 13.2 Å². The zero-order valence-corrected chi connectivity index (χ0v) is 29.1. The van der Waals surface area contributed by atoms with E-state index in [-0.39, 0.29) is 24.6 Å². The number of rotatable bonds is 10. The molecule has 0 aliphatic carbocycles. The van der Waals surface area contributed by atoms with Crippen LogP contribution in [0.25, 0.3) is 0 Å². The fraction of sp³-hybridized carbons (Fsp3) is 0.167. The van der Waals surface area contributed by atoms with Gasteiger partial charge in [-0.1, -0.05) is 96.2 Å². The van der Waals surface area contributed by atoms with E-state index in [2.05, 4.69) is 116 Å². The van der Waals surface area contributed by atoms with Gasteiger partial charge < -0.3 is 24.6 Å². The molecule has 5 rings (SSSR count). The molecule has 2 aromatic heterocycles. The fourth-order valence-electron chi connectivity index (χ4n) is 4.45. The van der Waals surface area contributed by atoms with Crippen LogP contribution < -0.4 is 38.2 Å². The maximum atomic E-state index is 11.5. The van der Waals surface area contributed by atoms with Gasteiger partial charge >= 0.3 is 34.2 Å². The Kier molecular flexibility index (Phi) is 15.9. The van der Waals surface area contributed by atoms with Crippen LogP contribution in [0, 0.1) is 11.3 Å². The maximum absolute atomic E-state index is 11.5. The number of hydrogen-bond donors (Lipinski definition) is 3. The first-order valence-electron chi connectivity index (χ1n) is 15.6. The number of carbonyl (C=O) groups is 2. The number of aromatic nitrogens is 4. The standard InChI is InChI=1S/C18H15P.C9H11N3O5.C9H9N3O4/c1-4-10-16(11-5-1)19(17-12-6-2-7-13-17)18-14-8-3-9-15-18;1-2-17-7(13)5-12-6(4-11-16)3-10-8(14)9(12)15;1-2-16-7(13)5-12-6(3-10)4-11-8(14)9(12)15/h1-15H;3-4,16H,2,5H2,1H3,(H,10,14);4H,2,5H2,1H3,(H,11,14)/b;11-4+;.